The molecule has 0 amide bonds. The molecule has 0 saturated heterocycles. The Labute approximate surface area is 228 Å². The third-order valence-corrected chi connectivity index (χ3v) is 5.20. The number of quaternary nitrogens is 1. The van der Waals surface area contributed by atoms with E-state index in [1.165, 1.54) is 7.05 Å². The molecule has 0 spiro atoms. The minimum absolute atomic E-state index is 0.266. The summed E-state index contributed by atoms with van der Waals surface area (Å²) in [6.07, 6.45) is 7.84. The molecule has 1 unspecified atom stereocenters. The van der Waals surface area contributed by atoms with E-state index in [4.69, 9.17) is 32.7 Å². The largest absolute Gasteiger partial charge is 0.489 e. The van der Waals surface area contributed by atoms with Crippen LogP contribution in [0, 0.1) is 11.3 Å². The Morgan fingerprint density at radius 3 is 2.58 bits per heavy atom. The molecule has 10 heteroatoms. The van der Waals surface area contributed by atoms with Gasteiger partial charge in [0.2, 0.25) is 0 Å². The second-order valence-corrected chi connectivity index (χ2v) is 9.45. The summed E-state index contributed by atoms with van der Waals surface area (Å²) in [4.78, 5) is 0. The third kappa shape index (κ3) is 10.1. The lowest BCUT2D eigenvalue weighted by Crippen LogP contribution is -2.27. The number of amidine groups is 1. The lowest BCUT2D eigenvalue weighted by Gasteiger charge is -2.12. The van der Waals surface area contributed by atoms with Crippen LogP contribution in [0.1, 0.15) is 32.3 Å². The van der Waals surface area contributed by atoms with Gasteiger partial charge in [0.1, 0.15) is 44.9 Å². The van der Waals surface area contributed by atoms with Crippen molar-refractivity contribution in [2.75, 3.05) is 26.1 Å². The molecule has 1 atom stereocenters. The first-order chi connectivity index (χ1) is 17.2. The number of alkyl halides is 1. The van der Waals surface area contributed by atoms with Crippen molar-refractivity contribution < 1.29 is 18.8 Å². The van der Waals surface area contributed by atoms with Gasteiger partial charge in [0.05, 0.1) is 16.5 Å². The summed E-state index contributed by atoms with van der Waals surface area (Å²) < 4.78 is 10.7. The van der Waals surface area contributed by atoms with E-state index in [0.717, 1.165) is 29.5 Å². The lowest BCUT2D eigenvalue weighted by molar-refractivity contribution is -0.979. The predicted octanol–water partition coefficient (Wildman–Crippen LogP) is 6.72. The number of unbranched alkanes of at least 4 members (excludes halogenated alkanes) is 1. The van der Waals surface area contributed by atoms with Gasteiger partial charge in [0, 0.05) is 11.8 Å². The number of hydroxylamine groups is 1. The maximum atomic E-state index is 9.66. The Morgan fingerprint density at radius 2 is 1.97 bits per heavy atom. The zero-order chi connectivity index (χ0) is 26.6. The van der Waals surface area contributed by atoms with Crippen LogP contribution < -0.4 is 14.8 Å². The van der Waals surface area contributed by atoms with E-state index in [2.05, 4.69) is 42.3 Å². The van der Waals surface area contributed by atoms with E-state index in [-0.39, 0.29) is 6.61 Å². The number of nitrogens with one attached hydrogen (secondary N) is 1. The molecule has 2 aromatic rings. The molecule has 0 radical (unpaired) electrons. The topological polar surface area (TPSA) is 86.9 Å². The molecular formula is C26H31Cl2N4O3S+. The monoisotopic (exact) mass is 549 g/mol. The number of halogens is 2. The molecule has 0 fully saturated rings. The standard InChI is InChI=1S/C26H31Cl2N4O3S/c1-4-5-6-7-20(17-30-19(2)31-32(3,33)36)18-35-24-10-8-21(9-11-24)22-14-23(16-29)26(25(28)15-22)34-13-12-27/h6-11,14-15,17,33,36H,4-5,12-13,18H2,1-3H3,(H,30,31)/q+1/b7-6+,20-17+. The van der Waals surface area contributed by atoms with Crippen molar-refractivity contribution in [1.82, 2.24) is 5.32 Å². The molecule has 7 nitrogen and oxygen atoms in total. The van der Waals surface area contributed by atoms with Crippen LogP contribution in [0.2, 0.25) is 5.02 Å². The zero-order valence-corrected chi connectivity index (χ0v) is 22.9. The van der Waals surface area contributed by atoms with Gasteiger partial charge >= 0.3 is 0 Å². The number of hydrogen-bond donors (Lipinski definition) is 3. The van der Waals surface area contributed by atoms with Crippen LogP contribution in [0.4, 0.5) is 0 Å². The van der Waals surface area contributed by atoms with Gasteiger partial charge in [-0.1, -0.05) is 49.2 Å². The van der Waals surface area contributed by atoms with Crippen molar-refractivity contribution in [3.05, 3.63) is 70.9 Å². The molecule has 2 aromatic carbocycles. The number of nitrogens with zero attached hydrogens (tertiary/aromatic N) is 3. The van der Waals surface area contributed by atoms with E-state index in [0.29, 0.717) is 40.4 Å². The molecule has 36 heavy (non-hydrogen) atoms. The SMILES string of the molecule is CCC/C=C/C(=C\N/C(C)=N\[N+](C)(O)S)COc1ccc(-c2cc(Cl)c(OCCCl)c(C#N)c2)cc1. The summed E-state index contributed by atoms with van der Waals surface area (Å²) in [6.45, 7) is 4.43. The fraction of sp³-hybridized carbons (Fsp3) is 0.308. The Morgan fingerprint density at radius 1 is 1.25 bits per heavy atom. The highest BCUT2D eigenvalue weighted by atomic mass is 35.5. The van der Waals surface area contributed by atoms with Crippen LogP contribution >= 0.6 is 36.0 Å². The molecule has 0 bridgehead atoms. The average Bonchev–Trinajstić information content (AvgIpc) is 2.83. The van der Waals surface area contributed by atoms with E-state index in [9.17, 15) is 10.5 Å². The summed E-state index contributed by atoms with van der Waals surface area (Å²) in [5.41, 5.74) is 2.92. The number of rotatable bonds is 12. The van der Waals surface area contributed by atoms with Crippen LogP contribution in [-0.2, 0) is 0 Å². The van der Waals surface area contributed by atoms with Crippen molar-refractivity contribution in [2.45, 2.75) is 26.7 Å². The fourth-order valence-electron chi connectivity index (χ4n) is 3.09. The second-order valence-electron chi connectivity index (χ2n) is 7.91. The summed E-state index contributed by atoms with van der Waals surface area (Å²) >= 11 is 16.0. The van der Waals surface area contributed by atoms with Gasteiger partial charge in [0.25, 0.3) is 0 Å². The van der Waals surface area contributed by atoms with Crippen molar-refractivity contribution in [2.24, 2.45) is 5.10 Å². The smallest absolute Gasteiger partial charge is 0.164 e. The third-order valence-electron chi connectivity index (χ3n) is 4.67. The molecule has 0 aliphatic rings. The van der Waals surface area contributed by atoms with Gasteiger partial charge in [-0.2, -0.15) is 10.5 Å². The maximum absolute atomic E-state index is 9.66. The Hall–Kier alpha value is -2.67. The highest BCUT2D eigenvalue weighted by Gasteiger charge is 2.13. The maximum Gasteiger partial charge on any atom is 0.164 e. The second kappa shape index (κ2) is 14.8. The highest BCUT2D eigenvalue weighted by molar-refractivity contribution is 7.74. The number of allylic oxidation sites excluding steroid dienone is 1. The number of thiol groups is 1. The normalized spacial score (nSPS) is 13.8. The van der Waals surface area contributed by atoms with Gasteiger partial charge in [0.15, 0.2) is 11.6 Å². The molecule has 0 aliphatic carbocycles. The number of benzene rings is 2. The minimum Gasteiger partial charge on any atom is -0.489 e. The lowest BCUT2D eigenvalue weighted by atomic mass is 10.0. The van der Waals surface area contributed by atoms with Crippen LogP contribution in [0.3, 0.4) is 0 Å². The quantitative estimate of drug-likeness (QED) is 0.0520. The number of ether oxygens (including phenoxy) is 2. The molecule has 192 valence electrons. The number of nitriles is 1. The van der Waals surface area contributed by atoms with Crippen molar-refractivity contribution >= 4 is 41.9 Å². The first-order valence-electron chi connectivity index (χ1n) is 11.3. The Balaban J connectivity index is 2.15. The summed E-state index contributed by atoms with van der Waals surface area (Å²) in [7, 11) is 1.42. The molecule has 2 N–H and O–H groups in total. The van der Waals surface area contributed by atoms with Gasteiger partial charge in [-0.15, -0.1) is 11.6 Å². The molecule has 0 heterocycles. The van der Waals surface area contributed by atoms with Gasteiger partial charge in [-0.25, -0.2) is 0 Å². The van der Waals surface area contributed by atoms with Crippen molar-refractivity contribution in [3.8, 4) is 28.7 Å². The van der Waals surface area contributed by atoms with Crippen molar-refractivity contribution in [1.29, 1.82) is 5.26 Å². The van der Waals surface area contributed by atoms with Gasteiger partial charge < -0.3 is 14.8 Å². The van der Waals surface area contributed by atoms with E-state index < -0.39 is 4.16 Å². The highest BCUT2D eigenvalue weighted by Crippen LogP contribution is 2.34. The predicted molar refractivity (Wildman–Crippen MR) is 149 cm³/mol. The Kier molecular flexibility index (Phi) is 12.1. The first-order valence-corrected chi connectivity index (χ1v) is 12.6. The van der Waals surface area contributed by atoms with E-state index in [1.54, 1.807) is 25.3 Å². The first kappa shape index (κ1) is 29.6. The summed E-state index contributed by atoms with van der Waals surface area (Å²) in [6, 6.07) is 13.1. The van der Waals surface area contributed by atoms with Crippen LogP contribution in [0.25, 0.3) is 11.1 Å². The van der Waals surface area contributed by atoms with Gasteiger partial charge in [-0.3, -0.25) is 0 Å². The summed E-state index contributed by atoms with van der Waals surface area (Å²) in [5.74, 6) is 1.82. The fourth-order valence-corrected chi connectivity index (χ4v) is 3.58. The van der Waals surface area contributed by atoms with Crippen molar-refractivity contribution in [3.63, 3.8) is 0 Å². The molecule has 2 rings (SSSR count). The average molecular weight is 551 g/mol. The molecule has 0 saturated carbocycles. The van der Waals surface area contributed by atoms with Crippen LogP contribution in [0.5, 0.6) is 11.5 Å². The molecule has 0 aliphatic heterocycles. The molecular weight excluding hydrogens is 519 g/mol. The van der Waals surface area contributed by atoms with E-state index >= 15 is 0 Å². The minimum atomic E-state index is -0.819. The molecule has 0 aromatic heterocycles. The van der Waals surface area contributed by atoms with Crippen LogP contribution in [-0.4, -0.2) is 41.3 Å². The summed E-state index contributed by atoms with van der Waals surface area (Å²) in [5, 5.41) is 26.5. The zero-order valence-electron chi connectivity index (χ0n) is 20.5. The van der Waals surface area contributed by atoms with E-state index in [1.807, 2.05) is 30.3 Å². The van der Waals surface area contributed by atoms with Crippen LogP contribution in [0.15, 0.2) is 65.4 Å². The Bertz CT molecular complexity index is 1140. The van der Waals surface area contributed by atoms with Gasteiger partial charge in [-0.05, 0) is 58.0 Å². The number of hydrogen-bond acceptors (Lipinski definition) is 6.